The van der Waals surface area contributed by atoms with Gasteiger partial charge in [0.25, 0.3) is 0 Å². The van der Waals surface area contributed by atoms with E-state index in [0.717, 1.165) is 0 Å². The Bertz CT molecular complexity index is 114. The van der Waals surface area contributed by atoms with Crippen molar-refractivity contribution in [2.75, 3.05) is 20.1 Å². The summed E-state index contributed by atoms with van der Waals surface area (Å²) in [5.41, 5.74) is 0.644. The van der Waals surface area contributed by atoms with Crippen molar-refractivity contribution in [1.29, 1.82) is 0 Å². The SMILES string of the molecule is CCN(C)CC1(C)CCCC1. The van der Waals surface area contributed by atoms with Crippen LogP contribution >= 0.6 is 0 Å². The minimum absolute atomic E-state index is 0.644. The fourth-order valence-electron chi connectivity index (χ4n) is 2.15. The largest absolute Gasteiger partial charge is 0.306 e. The van der Waals surface area contributed by atoms with Gasteiger partial charge in [0.15, 0.2) is 0 Å². The molecule has 0 atom stereocenters. The summed E-state index contributed by atoms with van der Waals surface area (Å²) < 4.78 is 0. The molecule has 0 N–H and O–H groups in total. The predicted molar refractivity (Wildman–Crippen MR) is 49.7 cm³/mol. The molecule has 1 nitrogen and oxygen atoms in total. The van der Waals surface area contributed by atoms with Crippen LogP contribution in [0.4, 0.5) is 0 Å². The van der Waals surface area contributed by atoms with Crippen LogP contribution < -0.4 is 0 Å². The van der Waals surface area contributed by atoms with Gasteiger partial charge in [-0.25, -0.2) is 0 Å². The van der Waals surface area contributed by atoms with E-state index in [9.17, 15) is 0 Å². The summed E-state index contributed by atoms with van der Waals surface area (Å²) in [5.74, 6) is 0. The van der Waals surface area contributed by atoms with Crippen molar-refractivity contribution in [2.45, 2.75) is 39.5 Å². The summed E-state index contributed by atoms with van der Waals surface area (Å²) in [6.07, 6.45) is 5.79. The average Bonchev–Trinajstić information content (AvgIpc) is 2.36. The maximum atomic E-state index is 2.44. The first-order chi connectivity index (χ1) is 5.16. The predicted octanol–water partition coefficient (Wildman–Crippen LogP) is 2.52. The zero-order valence-corrected chi connectivity index (χ0v) is 8.19. The minimum atomic E-state index is 0.644. The van der Waals surface area contributed by atoms with Crippen LogP contribution in [0.15, 0.2) is 0 Å². The molecule has 0 unspecified atom stereocenters. The van der Waals surface area contributed by atoms with E-state index in [0.29, 0.717) is 5.41 Å². The van der Waals surface area contributed by atoms with Gasteiger partial charge in [-0.3, -0.25) is 0 Å². The summed E-state index contributed by atoms with van der Waals surface area (Å²) >= 11 is 0. The van der Waals surface area contributed by atoms with E-state index >= 15 is 0 Å². The lowest BCUT2D eigenvalue weighted by molar-refractivity contribution is 0.203. The fourth-order valence-corrected chi connectivity index (χ4v) is 2.15. The first-order valence-corrected chi connectivity index (χ1v) is 4.85. The fraction of sp³-hybridized carbons (Fsp3) is 1.00. The molecule has 11 heavy (non-hydrogen) atoms. The number of nitrogens with zero attached hydrogens (tertiary/aromatic N) is 1. The average molecular weight is 155 g/mol. The second kappa shape index (κ2) is 3.57. The van der Waals surface area contributed by atoms with Gasteiger partial charge >= 0.3 is 0 Å². The quantitative estimate of drug-likeness (QED) is 0.605. The highest BCUT2D eigenvalue weighted by molar-refractivity contribution is 4.82. The summed E-state index contributed by atoms with van der Waals surface area (Å²) in [6.45, 7) is 7.16. The molecule has 1 aliphatic carbocycles. The van der Waals surface area contributed by atoms with Crippen molar-refractivity contribution in [1.82, 2.24) is 4.90 Å². The lowest BCUT2D eigenvalue weighted by Gasteiger charge is -2.28. The lowest BCUT2D eigenvalue weighted by Crippen LogP contribution is -2.31. The minimum Gasteiger partial charge on any atom is -0.306 e. The summed E-state index contributed by atoms with van der Waals surface area (Å²) in [7, 11) is 2.23. The molecule has 66 valence electrons. The van der Waals surface area contributed by atoms with Crippen LogP contribution in [-0.4, -0.2) is 25.0 Å². The molecule has 0 aromatic carbocycles. The molecule has 0 aromatic rings. The van der Waals surface area contributed by atoms with Crippen LogP contribution in [0.3, 0.4) is 0 Å². The van der Waals surface area contributed by atoms with Gasteiger partial charge in [0.1, 0.15) is 0 Å². The molecule has 0 radical (unpaired) electrons. The highest BCUT2D eigenvalue weighted by Gasteiger charge is 2.29. The van der Waals surface area contributed by atoms with Crippen LogP contribution in [-0.2, 0) is 0 Å². The lowest BCUT2D eigenvalue weighted by atomic mass is 9.88. The molecule has 1 heteroatoms. The van der Waals surface area contributed by atoms with E-state index in [1.165, 1.54) is 38.8 Å². The molecular formula is C10H21N. The van der Waals surface area contributed by atoms with Gasteiger partial charge in [-0.1, -0.05) is 26.7 Å². The zero-order chi connectivity index (χ0) is 8.32. The van der Waals surface area contributed by atoms with Gasteiger partial charge in [-0.2, -0.15) is 0 Å². The molecule has 0 amide bonds. The second-order valence-electron chi connectivity index (χ2n) is 4.35. The van der Waals surface area contributed by atoms with Gasteiger partial charge in [-0.15, -0.1) is 0 Å². The van der Waals surface area contributed by atoms with E-state index in [-0.39, 0.29) is 0 Å². The van der Waals surface area contributed by atoms with Crippen molar-refractivity contribution in [3.05, 3.63) is 0 Å². The Balaban J connectivity index is 2.33. The number of rotatable bonds is 3. The van der Waals surface area contributed by atoms with Gasteiger partial charge in [0.05, 0.1) is 0 Å². The van der Waals surface area contributed by atoms with Gasteiger partial charge in [0, 0.05) is 6.54 Å². The Labute approximate surface area is 70.8 Å². The summed E-state index contributed by atoms with van der Waals surface area (Å²) in [5, 5.41) is 0. The van der Waals surface area contributed by atoms with E-state index in [4.69, 9.17) is 0 Å². The first-order valence-electron chi connectivity index (χ1n) is 4.85. The Morgan fingerprint density at radius 1 is 1.27 bits per heavy atom. The van der Waals surface area contributed by atoms with Crippen LogP contribution in [0.1, 0.15) is 39.5 Å². The molecule has 0 saturated heterocycles. The third kappa shape index (κ3) is 2.48. The second-order valence-corrected chi connectivity index (χ2v) is 4.35. The molecular weight excluding hydrogens is 134 g/mol. The first kappa shape index (κ1) is 9.05. The molecule has 0 heterocycles. The van der Waals surface area contributed by atoms with Crippen molar-refractivity contribution in [2.24, 2.45) is 5.41 Å². The Hall–Kier alpha value is -0.0400. The number of hydrogen-bond donors (Lipinski definition) is 0. The molecule has 0 aliphatic heterocycles. The smallest absolute Gasteiger partial charge is 0.00322 e. The Morgan fingerprint density at radius 3 is 2.27 bits per heavy atom. The van der Waals surface area contributed by atoms with Gasteiger partial charge in [0.2, 0.25) is 0 Å². The third-order valence-corrected chi connectivity index (χ3v) is 3.00. The zero-order valence-electron chi connectivity index (χ0n) is 8.19. The summed E-state index contributed by atoms with van der Waals surface area (Å²) in [4.78, 5) is 2.44. The normalized spacial score (nSPS) is 22.9. The highest BCUT2D eigenvalue weighted by Crippen LogP contribution is 2.37. The molecule has 1 fully saturated rings. The summed E-state index contributed by atoms with van der Waals surface area (Å²) in [6, 6.07) is 0. The molecule has 1 aliphatic rings. The van der Waals surface area contributed by atoms with E-state index in [1.54, 1.807) is 0 Å². The van der Waals surface area contributed by atoms with Crippen molar-refractivity contribution >= 4 is 0 Å². The molecule has 0 spiro atoms. The van der Waals surface area contributed by atoms with Crippen LogP contribution in [0.25, 0.3) is 0 Å². The van der Waals surface area contributed by atoms with Gasteiger partial charge < -0.3 is 4.90 Å². The van der Waals surface area contributed by atoms with Crippen molar-refractivity contribution < 1.29 is 0 Å². The highest BCUT2D eigenvalue weighted by atomic mass is 15.1. The molecule has 1 saturated carbocycles. The van der Waals surface area contributed by atoms with E-state index in [1.807, 2.05) is 0 Å². The van der Waals surface area contributed by atoms with Crippen LogP contribution in [0, 0.1) is 5.41 Å². The maximum absolute atomic E-state index is 2.44. The third-order valence-electron chi connectivity index (χ3n) is 3.00. The maximum Gasteiger partial charge on any atom is 0.00322 e. The van der Waals surface area contributed by atoms with E-state index < -0.39 is 0 Å². The molecule has 0 bridgehead atoms. The van der Waals surface area contributed by atoms with Crippen LogP contribution in [0.5, 0.6) is 0 Å². The Kier molecular flexibility index (Phi) is 2.94. The monoisotopic (exact) mass is 155 g/mol. The van der Waals surface area contributed by atoms with Crippen molar-refractivity contribution in [3.63, 3.8) is 0 Å². The van der Waals surface area contributed by atoms with Crippen molar-refractivity contribution in [3.8, 4) is 0 Å². The number of hydrogen-bond acceptors (Lipinski definition) is 1. The van der Waals surface area contributed by atoms with Crippen LogP contribution in [0.2, 0.25) is 0 Å². The molecule has 0 aromatic heterocycles. The Morgan fingerprint density at radius 2 is 1.82 bits per heavy atom. The van der Waals surface area contributed by atoms with E-state index in [2.05, 4.69) is 25.8 Å². The molecule has 1 rings (SSSR count). The topological polar surface area (TPSA) is 3.24 Å². The van der Waals surface area contributed by atoms with Gasteiger partial charge in [-0.05, 0) is 31.8 Å². The standard InChI is InChI=1S/C10H21N/c1-4-11(3)9-10(2)7-5-6-8-10/h4-9H2,1-3H3.